The molecule has 5 nitrogen and oxygen atoms in total. The van der Waals surface area contributed by atoms with Crippen molar-refractivity contribution >= 4 is 49.4 Å². The summed E-state index contributed by atoms with van der Waals surface area (Å²) in [7, 11) is 0. The lowest BCUT2D eigenvalue weighted by Gasteiger charge is -2.27. The SMILES string of the molecule is CC1C(n2c3ccccc3c3cc4c(cc32)oc2ccccc24)=CC=CC1c1nc(-c2ccccc2)nc(-c2ccccc2)n1. The fourth-order valence-corrected chi connectivity index (χ4v) is 6.80. The Labute approximate surface area is 259 Å². The van der Waals surface area contributed by atoms with Crippen LogP contribution in [0.2, 0.25) is 0 Å². The standard InChI is InChI=1S/C40H28N4O/c1-25-28(40-42-38(26-13-4-2-5-14-26)41-39(43-40)27-15-6-3-7-16-27)19-12-21-33(25)44-34-20-10-8-17-29(34)31-23-32-30-18-9-11-22-36(30)45-37(32)24-35(31)44/h2-25,28H,1H3. The van der Waals surface area contributed by atoms with Crippen molar-refractivity contribution in [2.45, 2.75) is 12.8 Å². The van der Waals surface area contributed by atoms with E-state index in [9.17, 15) is 0 Å². The summed E-state index contributed by atoms with van der Waals surface area (Å²) >= 11 is 0. The van der Waals surface area contributed by atoms with Gasteiger partial charge >= 0.3 is 0 Å². The summed E-state index contributed by atoms with van der Waals surface area (Å²) in [6, 6.07) is 41.7. The van der Waals surface area contributed by atoms with Gasteiger partial charge in [-0.15, -0.1) is 0 Å². The molecule has 0 fully saturated rings. The second-order valence-electron chi connectivity index (χ2n) is 11.7. The summed E-state index contributed by atoms with van der Waals surface area (Å²) in [6.45, 7) is 2.27. The Hall–Kier alpha value is -5.81. The molecule has 0 amide bonds. The number of nitrogens with zero attached hydrogens (tertiary/aromatic N) is 4. The maximum absolute atomic E-state index is 6.35. The van der Waals surface area contributed by atoms with E-state index in [4.69, 9.17) is 19.4 Å². The predicted molar refractivity (Wildman–Crippen MR) is 183 cm³/mol. The van der Waals surface area contributed by atoms with E-state index in [1.165, 1.54) is 22.0 Å². The van der Waals surface area contributed by atoms with Gasteiger partial charge in [0.1, 0.15) is 17.0 Å². The smallest absolute Gasteiger partial charge is 0.163 e. The summed E-state index contributed by atoms with van der Waals surface area (Å²) < 4.78 is 8.75. The van der Waals surface area contributed by atoms with Crippen LogP contribution in [0.4, 0.5) is 0 Å². The number of rotatable bonds is 4. The number of hydrogen-bond acceptors (Lipinski definition) is 4. The zero-order chi connectivity index (χ0) is 29.9. The molecule has 0 bridgehead atoms. The Bertz CT molecular complexity index is 2390. The van der Waals surface area contributed by atoms with Crippen molar-refractivity contribution in [3.63, 3.8) is 0 Å². The van der Waals surface area contributed by atoms with Crippen LogP contribution in [-0.4, -0.2) is 19.5 Å². The lowest BCUT2D eigenvalue weighted by atomic mass is 9.86. The molecule has 0 radical (unpaired) electrons. The molecule has 5 heteroatoms. The highest BCUT2D eigenvalue weighted by Crippen LogP contribution is 2.43. The molecule has 0 N–H and O–H groups in total. The molecule has 9 rings (SSSR count). The lowest BCUT2D eigenvalue weighted by molar-refractivity contribution is 0.598. The number of hydrogen-bond donors (Lipinski definition) is 0. The average Bonchev–Trinajstić information content (AvgIpc) is 3.63. The van der Waals surface area contributed by atoms with Gasteiger partial charge in [-0.1, -0.05) is 116 Å². The zero-order valence-corrected chi connectivity index (χ0v) is 24.6. The molecule has 1 aliphatic carbocycles. The van der Waals surface area contributed by atoms with Crippen LogP contribution in [0.25, 0.3) is 72.2 Å². The number of furan rings is 1. The van der Waals surface area contributed by atoms with Crippen molar-refractivity contribution in [2.24, 2.45) is 5.92 Å². The van der Waals surface area contributed by atoms with E-state index in [1.54, 1.807) is 0 Å². The lowest BCUT2D eigenvalue weighted by Crippen LogP contribution is -2.19. The Kier molecular flexibility index (Phi) is 5.78. The summed E-state index contributed by atoms with van der Waals surface area (Å²) in [5.74, 6) is 2.15. The van der Waals surface area contributed by atoms with Crippen LogP contribution in [0.15, 0.2) is 144 Å². The highest BCUT2D eigenvalue weighted by molar-refractivity contribution is 6.17. The quantitative estimate of drug-likeness (QED) is 0.208. The van der Waals surface area contributed by atoms with E-state index in [2.05, 4.69) is 103 Å². The van der Waals surface area contributed by atoms with Crippen LogP contribution in [-0.2, 0) is 0 Å². The highest BCUT2D eigenvalue weighted by atomic mass is 16.3. The largest absolute Gasteiger partial charge is 0.456 e. The van der Waals surface area contributed by atoms with E-state index >= 15 is 0 Å². The van der Waals surface area contributed by atoms with Gasteiger partial charge in [0.2, 0.25) is 0 Å². The van der Waals surface area contributed by atoms with Gasteiger partial charge in [-0.25, -0.2) is 15.0 Å². The van der Waals surface area contributed by atoms with E-state index in [0.717, 1.165) is 44.4 Å². The highest BCUT2D eigenvalue weighted by Gasteiger charge is 2.29. The second-order valence-corrected chi connectivity index (χ2v) is 11.7. The van der Waals surface area contributed by atoms with Crippen LogP contribution in [0.1, 0.15) is 18.7 Å². The van der Waals surface area contributed by atoms with Gasteiger partial charge in [-0.05, 0) is 24.3 Å². The topological polar surface area (TPSA) is 56.7 Å². The molecule has 0 saturated carbocycles. The van der Waals surface area contributed by atoms with E-state index in [0.29, 0.717) is 11.6 Å². The fourth-order valence-electron chi connectivity index (χ4n) is 6.80. The first-order valence-electron chi connectivity index (χ1n) is 15.3. The number of para-hydroxylation sites is 2. The summed E-state index contributed by atoms with van der Waals surface area (Å²) in [4.78, 5) is 15.1. The van der Waals surface area contributed by atoms with Crippen LogP contribution in [0.3, 0.4) is 0 Å². The monoisotopic (exact) mass is 580 g/mol. The summed E-state index contributed by atoms with van der Waals surface area (Å²) in [5.41, 5.74) is 7.22. The van der Waals surface area contributed by atoms with Crippen molar-refractivity contribution < 1.29 is 4.42 Å². The van der Waals surface area contributed by atoms with E-state index < -0.39 is 0 Å². The molecule has 1 aliphatic rings. The third kappa shape index (κ3) is 4.12. The first kappa shape index (κ1) is 25.7. The van der Waals surface area contributed by atoms with Gasteiger partial charge in [-0.3, -0.25) is 0 Å². The fraction of sp³-hybridized carbons (Fsp3) is 0.0750. The maximum Gasteiger partial charge on any atom is 0.163 e. The average molecular weight is 581 g/mol. The van der Waals surface area contributed by atoms with E-state index in [-0.39, 0.29) is 11.8 Å². The maximum atomic E-state index is 6.35. The second kappa shape index (κ2) is 10.1. The van der Waals surface area contributed by atoms with Gasteiger partial charge in [0.05, 0.1) is 11.0 Å². The molecule has 3 heterocycles. The van der Waals surface area contributed by atoms with Gasteiger partial charge in [0.15, 0.2) is 11.6 Å². The van der Waals surface area contributed by atoms with Crippen LogP contribution in [0, 0.1) is 5.92 Å². The first-order valence-corrected chi connectivity index (χ1v) is 15.3. The van der Waals surface area contributed by atoms with Gasteiger partial charge in [0.25, 0.3) is 0 Å². The van der Waals surface area contributed by atoms with Crippen molar-refractivity contribution in [3.8, 4) is 22.8 Å². The van der Waals surface area contributed by atoms with Crippen LogP contribution < -0.4 is 0 Å². The Morgan fingerprint density at radius 1 is 0.578 bits per heavy atom. The summed E-state index contributed by atoms with van der Waals surface area (Å²) in [6.07, 6.45) is 6.60. The molecule has 45 heavy (non-hydrogen) atoms. The normalized spacial score (nSPS) is 16.6. The van der Waals surface area contributed by atoms with E-state index in [1.807, 2.05) is 48.5 Å². The van der Waals surface area contributed by atoms with Gasteiger partial charge < -0.3 is 8.98 Å². The number of fused-ring (bicyclic) bond motifs is 6. The number of allylic oxidation sites excluding steroid dienone is 4. The number of benzene rings is 5. The molecule has 2 unspecified atom stereocenters. The molecular weight excluding hydrogens is 552 g/mol. The van der Waals surface area contributed by atoms with Gasteiger partial charge in [-0.2, -0.15) is 0 Å². The Morgan fingerprint density at radius 3 is 1.96 bits per heavy atom. The molecule has 0 aliphatic heterocycles. The zero-order valence-electron chi connectivity index (χ0n) is 24.6. The minimum atomic E-state index is -0.0518. The minimum absolute atomic E-state index is 0.0518. The van der Waals surface area contributed by atoms with Crippen LogP contribution in [0.5, 0.6) is 0 Å². The molecule has 5 aromatic carbocycles. The molecule has 0 spiro atoms. The number of aromatic nitrogens is 4. The Morgan fingerprint density at radius 2 is 1.22 bits per heavy atom. The Balaban J connectivity index is 1.22. The van der Waals surface area contributed by atoms with Crippen LogP contribution >= 0.6 is 0 Å². The van der Waals surface area contributed by atoms with Crippen molar-refractivity contribution in [1.82, 2.24) is 19.5 Å². The van der Waals surface area contributed by atoms with Gasteiger partial charge in [0, 0.05) is 56.3 Å². The first-order chi connectivity index (χ1) is 22.2. The van der Waals surface area contributed by atoms with Crippen molar-refractivity contribution in [3.05, 3.63) is 145 Å². The third-order valence-corrected chi connectivity index (χ3v) is 9.03. The molecule has 2 atom stereocenters. The van der Waals surface area contributed by atoms with Crippen molar-refractivity contribution in [1.29, 1.82) is 0 Å². The third-order valence-electron chi connectivity index (χ3n) is 9.03. The van der Waals surface area contributed by atoms with Crippen molar-refractivity contribution in [2.75, 3.05) is 0 Å². The molecule has 214 valence electrons. The minimum Gasteiger partial charge on any atom is -0.456 e. The molecule has 8 aromatic rings. The molecular formula is C40H28N4O. The molecule has 3 aromatic heterocycles. The summed E-state index contributed by atoms with van der Waals surface area (Å²) in [5, 5.41) is 4.70. The molecule has 0 saturated heterocycles. The predicted octanol–water partition coefficient (Wildman–Crippen LogP) is 10.0.